The lowest BCUT2D eigenvalue weighted by Crippen LogP contribution is -1.87. The number of nitrogens with zero attached hydrogens (tertiary/aromatic N) is 1. The molecular weight excluding hydrogens is 152 g/mol. The van der Waals surface area contributed by atoms with Crippen molar-refractivity contribution in [3.8, 4) is 12.3 Å². The van der Waals surface area contributed by atoms with Gasteiger partial charge in [-0.2, -0.15) is 0 Å². The van der Waals surface area contributed by atoms with Crippen LogP contribution in [-0.4, -0.2) is 4.98 Å². The Kier molecular flexibility index (Phi) is 1.90. The van der Waals surface area contributed by atoms with Crippen molar-refractivity contribution in [3.05, 3.63) is 17.3 Å². The summed E-state index contributed by atoms with van der Waals surface area (Å²) >= 11 is 0. The molecule has 2 nitrogen and oxygen atoms in total. The Morgan fingerprint density at radius 1 is 1.64 bits per heavy atom. The first-order valence-electron chi connectivity index (χ1n) is 2.87. The van der Waals surface area contributed by atoms with Crippen LogP contribution in [0.15, 0.2) is 4.42 Å². The molecule has 0 aliphatic carbocycles. The second-order valence-corrected chi connectivity index (χ2v) is 1.89. The van der Waals surface area contributed by atoms with E-state index in [2.05, 4.69) is 4.98 Å². The van der Waals surface area contributed by atoms with Gasteiger partial charge in [0.15, 0.2) is 11.6 Å². The monoisotopic (exact) mass is 157 g/mol. The fourth-order valence-corrected chi connectivity index (χ4v) is 0.695. The van der Waals surface area contributed by atoms with Crippen LogP contribution in [0.4, 0.5) is 8.78 Å². The maximum Gasteiger partial charge on any atom is 0.284 e. The minimum Gasteiger partial charge on any atom is -0.432 e. The number of terminal acetylenes is 1. The van der Waals surface area contributed by atoms with Gasteiger partial charge in [-0.15, -0.1) is 6.42 Å². The van der Waals surface area contributed by atoms with Crippen LogP contribution in [0.25, 0.3) is 0 Å². The van der Waals surface area contributed by atoms with Gasteiger partial charge in [-0.25, -0.2) is 13.8 Å². The molecule has 0 saturated carbocycles. The van der Waals surface area contributed by atoms with Crippen LogP contribution < -0.4 is 0 Å². The van der Waals surface area contributed by atoms with E-state index in [-0.39, 0.29) is 11.7 Å². The Morgan fingerprint density at radius 2 is 2.27 bits per heavy atom. The summed E-state index contributed by atoms with van der Waals surface area (Å²) in [5.74, 6) is 1.97. The predicted octanol–water partition coefficient (Wildman–Crippen LogP) is 1.90. The molecule has 0 unspecified atom stereocenters. The van der Waals surface area contributed by atoms with E-state index in [9.17, 15) is 8.78 Å². The first-order chi connectivity index (χ1) is 5.15. The third kappa shape index (κ3) is 1.37. The lowest BCUT2D eigenvalue weighted by atomic mass is 10.3. The van der Waals surface area contributed by atoms with Gasteiger partial charge < -0.3 is 4.42 Å². The largest absolute Gasteiger partial charge is 0.432 e. The van der Waals surface area contributed by atoms with E-state index >= 15 is 0 Å². The molecule has 1 heterocycles. The molecule has 0 atom stereocenters. The quantitative estimate of drug-likeness (QED) is 0.582. The fraction of sp³-hybridized carbons (Fsp3) is 0.286. The van der Waals surface area contributed by atoms with Gasteiger partial charge >= 0.3 is 0 Å². The number of alkyl halides is 2. The van der Waals surface area contributed by atoms with Gasteiger partial charge in [0.1, 0.15) is 0 Å². The summed E-state index contributed by atoms with van der Waals surface area (Å²) in [4.78, 5) is 3.42. The minimum absolute atomic E-state index is 0.160. The van der Waals surface area contributed by atoms with Gasteiger partial charge in [0.2, 0.25) is 5.76 Å². The number of halogens is 2. The number of rotatable bonds is 1. The average molecular weight is 157 g/mol. The Bertz CT molecular complexity index is 298. The highest BCUT2D eigenvalue weighted by Crippen LogP contribution is 2.21. The van der Waals surface area contributed by atoms with E-state index in [0.29, 0.717) is 0 Å². The van der Waals surface area contributed by atoms with Gasteiger partial charge in [0, 0.05) is 6.92 Å². The highest BCUT2D eigenvalue weighted by atomic mass is 19.3. The van der Waals surface area contributed by atoms with Gasteiger partial charge in [0.05, 0.1) is 0 Å². The highest BCUT2D eigenvalue weighted by Gasteiger charge is 2.17. The zero-order chi connectivity index (χ0) is 8.43. The smallest absolute Gasteiger partial charge is 0.284 e. The first kappa shape index (κ1) is 7.73. The molecule has 58 valence electrons. The molecule has 0 aliphatic rings. The van der Waals surface area contributed by atoms with Crippen molar-refractivity contribution in [1.29, 1.82) is 0 Å². The average Bonchev–Trinajstić information content (AvgIpc) is 2.30. The van der Waals surface area contributed by atoms with Crippen molar-refractivity contribution in [2.24, 2.45) is 0 Å². The molecule has 0 radical (unpaired) electrons. The molecule has 0 aliphatic heterocycles. The van der Waals surface area contributed by atoms with Crippen LogP contribution in [0.2, 0.25) is 0 Å². The van der Waals surface area contributed by atoms with Crippen LogP contribution in [0, 0.1) is 19.3 Å². The number of oxazole rings is 1. The van der Waals surface area contributed by atoms with E-state index in [1.54, 1.807) is 0 Å². The normalized spacial score (nSPS) is 10.1. The summed E-state index contributed by atoms with van der Waals surface area (Å²) in [5.41, 5.74) is -0.454. The zero-order valence-electron chi connectivity index (χ0n) is 5.77. The van der Waals surface area contributed by atoms with Gasteiger partial charge in [0.25, 0.3) is 6.43 Å². The molecule has 0 amide bonds. The third-order valence-electron chi connectivity index (χ3n) is 1.10. The lowest BCUT2D eigenvalue weighted by Gasteiger charge is -1.89. The second kappa shape index (κ2) is 2.70. The molecule has 11 heavy (non-hydrogen) atoms. The molecule has 0 N–H and O–H groups in total. The minimum atomic E-state index is -2.67. The van der Waals surface area contributed by atoms with Crippen molar-refractivity contribution in [1.82, 2.24) is 4.98 Å². The summed E-state index contributed by atoms with van der Waals surface area (Å²) in [6.07, 6.45) is 2.22. The van der Waals surface area contributed by atoms with Crippen molar-refractivity contribution < 1.29 is 13.2 Å². The molecule has 1 aromatic rings. The predicted molar refractivity (Wildman–Crippen MR) is 34.1 cm³/mol. The Hall–Kier alpha value is -1.37. The number of hydrogen-bond acceptors (Lipinski definition) is 2. The molecule has 0 aromatic carbocycles. The van der Waals surface area contributed by atoms with Gasteiger partial charge in [-0.1, -0.05) is 0 Å². The highest BCUT2D eigenvalue weighted by molar-refractivity contribution is 5.27. The van der Waals surface area contributed by atoms with Crippen molar-refractivity contribution in [2.45, 2.75) is 13.3 Å². The molecule has 1 rings (SSSR count). The van der Waals surface area contributed by atoms with E-state index in [4.69, 9.17) is 10.8 Å². The summed E-state index contributed by atoms with van der Waals surface area (Å²) in [5, 5.41) is 0. The van der Waals surface area contributed by atoms with Gasteiger partial charge in [-0.05, 0) is 5.92 Å². The summed E-state index contributed by atoms with van der Waals surface area (Å²) in [6, 6.07) is 0. The van der Waals surface area contributed by atoms with Gasteiger partial charge in [-0.3, -0.25) is 0 Å². The zero-order valence-corrected chi connectivity index (χ0v) is 5.77. The Labute approximate surface area is 62.2 Å². The Morgan fingerprint density at radius 3 is 2.64 bits per heavy atom. The maximum atomic E-state index is 12.0. The van der Waals surface area contributed by atoms with Crippen LogP contribution in [-0.2, 0) is 0 Å². The number of hydrogen-bond donors (Lipinski definition) is 0. The molecule has 0 spiro atoms. The van der Waals surface area contributed by atoms with Crippen LogP contribution in [0.3, 0.4) is 0 Å². The van der Waals surface area contributed by atoms with E-state index in [1.165, 1.54) is 6.92 Å². The second-order valence-electron chi connectivity index (χ2n) is 1.89. The lowest BCUT2D eigenvalue weighted by molar-refractivity contribution is 0.145. The SMILES string of the molecule is C#Cc1oc(C)nc1C(F)F. The van der Waals surface area contributed by atoms with Crippen LogP contribution >= 0.6 is 0 Å². The molecule has 0 bridgehead atoms. The number of aryl methyl sites for hydroxylation is 1. The molecule has 0 saturated heterocycles. The summed E-state index contributed by atoms with van der Waals surface area (Å²) in [7, 11) is 0. The van der Waals surface area contributed by atoms with Crippen LogP contribution in [0.5, 0.6) is 0 Å². The molecule has 0 fully saturated rings. The van der Waals surface area contributed by atoms with Crippen molar-refractivity contribution in [3.63, 3.8) is 0 Å². The Balaban J connectivity index is 3.15. The fourth-order valence-electron chi connectivity index (χ4n) is 0.695. The van der Waals surface area contributed by atoms with E-state index < -0.39 is 12.1 Å². The summed E-state index contributed by atoms with van der Waals surface area (Å²) < 4.78 is 28.7. The summed E-state index contributed by atoms with van der Waals surface area (Å²) in [6.45, 7) is 1.46. The first-order valence-corrected chi connectivity index (χ1v) is 2.87. The molecule has 4 heteroatoms. The third-order valence-corrected chi connectivity index (χ3v) is 1.10. The van der Waals surface area contributed by atoms with Crippen molar-refractivity contribution in [2.75, 3.05) is 0 Å². The van der Waals surface area contributed by atoms with E-state index in [1.807, 2.05) is 5.92 Å². The van der Waals surface area contributed by atoms with Crippen LogP contribution in [0.1, 0.15) is 23.8 Å². The van der Waals surface area contributed by atoms with Crippen molar-refractivity contribution >= 4 is 0 Å². The standard InChI is InChI=1S/C7H5F2NO/c1-3-5-6(7(8)9)10-4(2)11-5/h1,7H,2H3. The van der Waals surface area contributed by atoms with E-state index in [0.717, 1.165) is 0 Å². The molecular formula is C7H5F2NO. The number of aromatic nitrogens is 1. The topological polar surface area (TPSA) is 26.0 Å². The molecule has 1 aromatic heterocycles. The maximum absolute atomic E-state index is 12.0.